The first-order chi connectivity index (χ1) is 10.5. The summed E-state index contributed by atoms with van der Waals surface area (Å²) in [6.07, 6.45) is 4.00. The first kappa shape index (κ1) is 20.4. The monoisotopic (exact) mass is 327 g/mol. The Morgan fingerprint density at radius 3 is 2.43 bits per heavy atom. The maximum atomic E-state index is 12.3. The summed E-state index contributed by atoms with van der Waals surface area (Å²) in [5.41, 5.74) is -0.555. The minimum atomic E-state index is -0.412. The van der Waals surface area contributed by atoms with E-state index in [1.54, 1.807) is 0 Å². The van der Waals surface area contributed by atoms with Crippen LogP contribution in [0.3, 0.4) is 0 Å². The molecular formula is C19H37NO3. The molecule has 1 unspecified atom stereocenters. The van der Waals surface area contributed by atoms with E-state index in [4.69, 9.17) is 9.47 Å². The fraction of sp³-hybridized carbons (Fsp3) is 0.947. The normalized spacial score (nSPS) is 20.3. The molecule has 0 saturated carbocycles. The van der Waals surface area contributed by atoms with Gasteiger partial charge in [0, 0.05) is 13.2 Å². The lowest BCUT2D eigenvalue weighted by molar-refractivity contribution is -0.160. The second-order valence-corrected chi connectivity index (χ2v) is 8.77. The summed E-state index contributed by atoms with van der Waals surface area (Å²) in [7, 11) is 0. The Morgan fingerprint density at radius 1 is 1.22 bits per heavy atom. The number of hydrogen-bond donors (Lipinski definition) is 0. The largest absolute Gasteiger partial charge is 0.459 e. The molecule has 1 aliphatic rings. The van der Waals surface area contributed by atoms with Gasteiger partial charge in [-0.15, -0.1) is 0 Å². The van der Waals surface area contributed by atoms with Gasteiger partial charge in [0.2, 0.25) is 0 Å². The highest BCUT2D eigenvalue weighted by Gasteiger charge is 2.34. The number of esters is 1. The van der Waals surface area contributed by atoms with E-state index in [2.05, 4.69) is 32.6 Å². The van der Waals surface area contributed by atoms with Crippen molar-refractivity contribution in [3.8, 4) is 0 Å². The van der Waals surface area contributed by atoms with Crippen LogP contribution < -0.4 is 0 Å². The fourth-order valence-corrected chi connectivity index (χ4v) is 2.79. The molecule has 0 aromatic carbocycles. The van der Waals surface area contributed by atoms with Crippen LogP contribution in [-0.4, -0.2) is 47.8 Å². The van der Waals surface area contributed by atoms with Gasteiger partial charge < -0.3 is 9.47 Å². The van der Waals surface area contributed by atoms with Gasteiger partial charge >= 0.3 is 5.97 Å². The number of ether oxygens (including phenoxy) is 2. The average molecular weight is 328 g/mol. The third-order valence-electron chi connectivity index (χ3n) is 4.23. The summed E-state index contributed by atoms with van der Waals surface area (Å²) >= 11 is 0. The van der Waals surface area contributed by atoms with E-state index in [-0.39, 0.29) is 17.6 Å². The predicted octanol–water partition coefficient (Wildman–Crippen LogP) is 4.02. The molecule has 23 heavy (non-hydrogen) atoms. The number of carbonyl (C=O) groups is 1. The summed E-state index contributed by atoms with van der Waals surface area (Å²) in [5, 5.41) is 0. The molecule has 1 fully saturated rings. The van der Waals surface area contributed by atoms with Gasteiger partial charge in [-0.3, -0.25) is 9.69 Å². The molecular weight excluding hydrogens is 290 g/mol. The Hall–Kier alpha value is -0.610. The second kappa shape index (κ2) is 8.48. The van der Waals surface area contributed by atoms with Crippen molar-refractivity contribution >= 4 is 5.97 Å². The average Bonchev–Trinajstić information content (AvgIpc) is 2.82. The van der Waals surface area contributed by atoms with E-state index in [9.17, 15) is 4.79 Å². The van der Waals surface area contributed by atoms with Crippen molar-refractivity contribution in [2.24, 2.45) is 5.92 Å². The maximum Gasteiger partial charge on any atom is 0.323 e. The Balaban J connectivity index is 2.44. The molecule has 0 aromatic rings. The predicted molar refractivity (Wildman–Crippen MR) is 94.5 cm³/mol. The van der Waals surface area contributed by atoms with Crippen molar-refractivity contribution in [1.29, 1.82) is 0 Å². The van der Waals surface area contributed by atoms with Crippen molar-refractivity contribution in [1.82, 2.24) is 4.90 Å². The first-order valence-corrected chi connectivity index (χ1v) is 9.11. The van der Waals surface area contributed by atoms with Gasteiger partial charge in [-0.05, 0) is 72.8 Å². The quantitative estimate of drug-likeness (QED) is 0.631. The van der Waals surface area contributed by atoms with Gasteiger partial charge in [-0.1, -0.05) is 13.8 Å². The number of hydrogen-bond acceptors (Lipinski definition) is 4. The van der Waals surface area contributed by atoms with Crippen LogP contribution in [0.5, 0.6) is 0 Å². The molecule has 0 amide bonds. The van der Waals surface area contributed by atoms with Crippen LogP contribution in [0.4, 0.5) is 0 Å². The molecule has 0 aliphatic carbocycles. The number of carbonyl (C=O) groups excluding carboxylic acids is 1. The fourth-order valence-electron chi connectivity index (χ4n) is 2.79. The van der Waals surface area contributed by atoms with Gasteiger partial charge in [0.15, 0.2) is 0 Å². The summed E-state index contributed by atoms with van der Waals surface area (Å²) in [5.74, 6) is 0.592. The van der Waals surface area contributed by atoms with Gasteiger partial charge in [0.25, 0.3) is 0 Å². The van der Waals surface area contributed by atoms with E-state index in [0.717, 1.165) is 45.4 Å². The Bertz CT molecular complexity index is 371. The van der Waals surface area contributed by atoms with E-state index in [0.29, 0.717) is 5.92 Å². The molecule has 0 spiro atoms. The topological polar surface area (TPSA) is 38.8 Å². The minimum absolute atomic E-state index is 0.0754. The van der Waals surface area contributed by atoms with Crippen LogP contribution in [0.2, 0.25) is 0 Å². The van der Waals surface area contributed by atoms with Gasteiger partial charge in [0.1, 0.15) is 11.6 Å². The van der Waals surface area contributed by atoms with Gasteiger partial charge in [-0.2, -0.15) is 0 Å². The molecule has 0 bridgehead atoms. The smallest absolute Gasteiger partial charge is 0.323 e. The van der Waals surface area contributed by atoms with E-state index >= 15 is 0 Å². The van der Waals surface area contributed by atoms with Crippen molar-refractivity contribution in [2.75, 3.05) is 19.7 Å². The number of rotatable bonds is 8. The van der Waals surface area contributed by atoms with Crippen LogP contribution in [0.15, 0.2) is 0 Å². The van der Waals surface area contributed by atoms with Crippen LogP contribution in [-0.2, 0) is 14.3 Å². The highest BCUT2D eigenvalue weighted by molar-refractivity contribution is 5.76. The Kier molecular flexibility index (Phi) is 7.53. The SMILES string of the molecule is CC(C)CCOC(C)(C)CCN1CCCC1C(=O)OC(C)(C)C. The molecule has 0 aromatic heterocycles. The van der Waals surface area contributed by atoms with E-state index < -0.39 is 5.60 Å². The lowest BCUT2D eigenvalue weighted by Gasteiger charge is -2.31. The lowest BCUT2D eigenvalue weighted by Crippen LogP contribution is -2.42. The summed E-state index contributed by atoms with van der Waals surface area (Å²) in [6, 6.07) is -0.0827. The summed E-state index contributed by atoms with van der Waals surface area (Å²) < 4.78 is 11.6. The molecule has 0 radical (unpaired) electrons. The Labute approximate surface area is 142 Å². The third-order valence-corrected chi connectivity index (χ3v) is 4.23. The molecule has 1 saturated heterocycles. The van der Waals surface area contributed by atoms with Crippen LogP contribution in [0.25, 0.3) is 0 Å². The van der Waals surface area contributed by atoms with Crippen LogP contribution in [0, 0.1) is 5.92 Å². The zero-order valence-corrected chi connectivity index (χ0v) is 16.3. The van der Waals surface area contributed by atoms with E-state index in [1.165, 1.54) is 0 Å². The molecule has 1 atom stereocenters. The zero-order chi connectivity index (χ0) is 17.7. The maximum absolute atomic E-state index is 12.3. The van der Waals surface area contributed by atoms with Crippen molar-refractivity contribution < 1.29 is 14.3 Å². The van der Waals surface area contributed by atoms with Gasteiger partial charge in [-0.25, -0.2) is 0 Å². The highest BCUT2D eigenvalue weighted by atomic mass is 16.6. The van der Waals surface area contributed by atoms with Crippen molar-refractivity contribution in [3.05, 3.63) is 0 Å². The molecule has 1 rings (SSSR count). The third kappa shape index (κ3) is 8.16. The summed E-state index contributed by atoms with van der Waals surface area (Å²) in [4.78, 5) is 14.6. The van der Waals surface area contributed by atoms with Crippen LogP contribution in [0.1, 0.15) is 74.1 Å². The molecule has 136 valence electrons. The summed E-state index contributed by atoms with van der Waals surface area (Å²) in [6.45, 7) is 17.2. The molecule has 1 heterocycles. The van der Waals surface area contributed by atoms with Gasteiger partial charge in [0.05, 0.1) is 5.60 Å². The van der Waals surface area contributed by atoms with Crippen LogP contribution >= 0.6 is 0 Å². The zero-order valence-electron chi connectivity index (χ0n) is 16.3. The number of nitrogens with zero attached hydrogens (tertiary/aromatic N) is 1. The minimum Gasteiger partial charge on any atom is -0.459 e. The molecule has 4 heteroatoms. The van der Waals surface area contributed by atoms with E-state index in [1.807, 2.05) is 20.8 Å². The Morgan fingerprint density at radius 2 is 1.87 bits per heavy atom. The second-order valence-electron chi connectivity index (χ2n) is 8.77. The highest BCUT2D eigenvalue weighted by Crippen LogP contribution is 2.24. The standard InChI is InChI=1S/C19H37NO3/c1-15(2)10-14-22-19(6,7)11-13-20-12-8-9-16(20)17(21)23-18(3,4)5/h15-16H,8-14H2,1-7H3. The number of likely N-dealkylation sites (tertiary alicyclic amines) is 1. The lowest BCUT2D eigenvalue weighted by atomic mass is 10.0. The molecule has 1 aliphatic heterocycles. The van der Waals surface area contributed by atoms with Crippen molar-refractivity contribution in [2.45, 2.75) is 91.4 Å². The molecule has 0 N–H and O–H groups in total. The van der Waals surface area contributed by atoms with Crippen molar-refractivity contribution in [3.63, 3.8) is 0 Å². The first-order valence-electron chi connectivity index (χ1n) is 9.11. The molecule has 4 nitrogen and oxygen atoms in total.